The van der Waals surface area contributed by atoms with Gasteiger partial charge in [0.05, 0.1) is 7.11 Å². The summed E-state index contributed by atoms with van der Waals surface area (Å²) in [4.78, 5) is 10.7. The number of carbonyl (C=O) groups is 1. The number of carboxylic acids is 1. The average Bonchev–Trinajstić information content (AvgIpc) is 2.93. The highest BCUT2D eigenvalue weighted by molar-refractivity contribution is 5.82. The molecule has 0 unspecified atom stereocenters. The lowest BCUT2D eigenvalue weighted by Crippen LogP contribution is -2.21. The van der Waals surface area contributed by atoms with Gasteiger partial charge in [0.25, 0.3) is 0 Å². The van der Waals surface area contributed by atoms with Crippen LogP contribution in [-0.2, 0) is 12.0 Å². The van der Waals surface area contributed by atoms with Gasteiger partial charge in [-0.2, -0.15) is 0 Å². The normalized spacial score (nSPS) is 11.3. The van der Waals surface area contributed by atoms with Crippen LogP contribution in [0, 0.1) is 0 Å². The highest BCUT2D eigenvalue weighted by Gasteiger charge is 2.20. The number of ether oxygens (including phenoxy) is 2. The summed E-state index contributed by atoms with van der Waals surface area (Å²) < 4.78 is 16.2. The molecule has 1 aromatic heterocycles. The van der Waals surface area contributed by atoms with Gasteiger partial charge in [0.15, 0.2) is 0 Å². The van der Waals surface area contributed by atoms with Crippen molar-refractivity contribution in [1.82, 2.24) is 0 Å². The van der Waals surface area contributed by atoms with E-state index in [0.717, 1.165) is 11.3 Å². The van der Waals surface area contributed by atoms with E-state index in [-0.39, 0.29) is 17.8 Å². The Kier molecular flexibility index (Phi) is 4.45. The lowest BCUT2D eigenvalue weighted by molar-refractivity contribution is -0.257. The van der Waals surface area contributed by atoms with Crippen LogP contribution in [0.25, 0.3) is 0 Å². The zero-order valence-corrected chi connectivity index (χ0v) is 13.1. The number of benzene rings is 1. The average molecular weight is 303 g/mol. The fourth-order valence-electron chi connectivity index (χ4n) is 2.06. The molecule has 0 aliphatic carbocycles. The molecule has 0 aliphatic heterocycles. The largest absolute Gasteiger partial charge is 0.542 e. The topological polar surface area (TPSA) is 71.7 Å². The molecule has 2 rings (SSSR count). The summed E-state index contributed by atoms with van der Waals surface area (Å²) in [6, 6.07) is 8.50. The third kappa shape index (κ3) is 3.61. The molecular weight excluding hydrogens is 284 g/mol. The molecule has 0 N–H and O–H groups in total. The van der Waals surface area contributed by atoms with Crippen LogP contribution < -0.4 is 14.6 Å². The van der Waals surface area contributed by atoms with Gasteiger partial charge in [-0.1, -0.05) is 20.8 Å². The molecule has 0 aliphatic rings. The van der Waals surface area contributed by atoms with Gasteiger partial charge in [-0.05, 0) is 35.7 Å². The molecule has 0 bridgehead atoms. The standard InChI is InChI=1S/C17H20O5/c1-17(2,3)13-9-11(20-4)5-7-14(13)21-10-12-6-8-15(22-12)16(18)19/h5-9H,10H2,1-4H3,(H,18,19)/p-1. The first-order valence-corrected chi connectivity index (χ1v) is 6.92. The molecule has 0 atom stereocenters. The molecule has 1 aromatic carbocycles. The molecule has 0 fully saturated rings. The van der Waals surface area contributed by atoms with Crippen molar-refractivity contribution in [1.29, 1.82) is 0 Å². The van der Waals surface area contributed by atoms with E-state index in [0.29, 0.717) is 11.5 Å². The number of carbonyl (C=O) groups excluding carboxylic acids is 1. The highest BCUT2D eigenvalue weighted by Crippen LogP contribution is 2.34. The van der Waals surface area contributed by atoms with Crippen LogP contribution in [0.15, 0.2) is 34.7 Å². The Balaban J connectivity index is 2.19. The van der Waals surface area contributed by atoms with E-state index in [1.165, 1.54) is 6.07 Å². The van der Waals surface area contributed by atoms with Crippen LogP contribution in [-0.4, -0.2) is 13.1 Å². The molecular formula is C17H19O5-. The van der Waals surface area contributed by atoms with E-state index in [2.05, 4.69) is 20.8 Å². The summed E-state index contributed by atoms with van der Waals surface area (Å²) in [6.07, 6.45) is 0. The minimum absolute atomic E-state index is 0.122. The number of carboxylic acid groups (broad SMARTS) is 1. The van der Waals surface area contributed by atoms with Gasteiger partial charge >= 0.3 is 0 Å². The predicted octanol–water partition coefficient (Wildman–Crippen LogP) is 2.53. The van der Waals surface area contributed by atoms with E-state index in [4.69, 9.17) is 13.9 Å². The van der Waals surface area contributed by atoms with E-state index in [9.17, 15) is 9.90 Å². The van der Waals surface area contributed by atoms with Crippen molar-refractivity contribution in [2.45, 2.75) is 32.8 Å². The Morgan fingerprint density at radius 2 is 1.95 bits per heavy atom. The molecule has 0 saturated heterocycles. The fourth-order valence-corrected chi connectivity index (χ4v) is 2.06. The zero-order valence-electron chi connectivity index (χ0n) is 13.1. The van der Waals surface area contributed by atoms with Crippen LogP contribution in [0.1, 0.15) is 42.6 Å². The predicted molar refractivity (Wildman–Crippen MR) is 79.1 cm³/mol. The van der Waals surface area contributed by atoms with Gasteiger partial charge in [0.2, 0.25) is 0 Å². The van der Waals surface area contributed by atoms with Gasteiger partial charge in [0.1, 0.15) is 35.6 Å². The van der Waals surface area contributed by atoms with Gasteiger partial charge in [0, 0.05) is 5.56 Å². The van der Waals surface area contributed by atoms with E-state index in [1.807, 2.05) is 18.2 Å². The number of aromatic carboxylic acids is 1. The first-order chi connectivity index (χ1) is 10.3. The summed E-state index contributed by atoms with van der Waals surface area (Å²) >= 11 is 0. The molecule has 5 nitrogen and oxygen atoms in total. The molecule has 118 valence electrons. The molecule has 1 heterocycles. The van der Waals surface area contributed by atoms with Crippen molar-refractivity contribution in [3.05, 3.63) is 47.4 Å². The molecule has 2 aromatic rings. The first kappa shape index (κ1) is 15.9. The SMILES string of the molecule is COc1ccc(OCc2ccc(C(=O)[O-])o2)c(C(C)(C)C)c1. The van der Waals surface area contributed by atoms with Crippen LogP contribution in [0.5, 0.6) is 11.5 Å². The van der Waals surface area contributed by atoms with E-state index in [1.54, 1.807) is 13.2 Å². The van der Waals surface area contributed by atoms with Gasteiger partial charge in [-0.3, -0.25) is 0 Å². The van der Waals surface area contributed by atoms with E-state index < -0.39 is 5.97 Å². The fraction of sp³-hybridized carbons (Fsp3) is 0.353. The van der Waals surface area contributed by atoms with Crippen molar-refractivity contribution < 1.29 is 23.8 Å². The van der Waals surface area contributed by atoms with Crippen molar-refractivity contribution in [3.8, 4) is 11.5 Å². The molecule has 0 radical (unpaired) electrons. The Morgan fingerprint density at radius 3 is 2.50 bits per heavy atom. The van der Waals surface area contributed by atoms with Crippen LogP contribution >= 0.6 is 0 Å². The van der Waals surface area contributed by atoms with Crippen molar-refractivity contribution in [2.75, 3.05) is 7.11 Å². The third-order valence-corrected chi connectivity index (χ3v) is 3.23. The monoisotopic (exact) mass is 303 g/mol. The van der Waals surface area contributed by atoms with Crippen LogP contribution in [0.3, 0.4) is 0 Å². The summed E-state index contributed by atoms with van der Waals surface area (Å²) in [5, 5.41) is 10.7. The maximum absolute atomic E-state index is 10.7. The molecule has 22 heavy (non-hydrogen) atoms. The third-order valence-electron chi connectivity index (χ3n) is 3.23. The number of rotatable bonds is 5. The van der Waals surface area contributed by atoms with Crippen molar-refractivity contribution in [3.63, 3.8) is 0 Å². The minimum atomic E-state index is -1.34. The number of hydrogen-bond acceptors (Lipinski definition) is 5. The smallest absolute Gasteiger partial charge is 0.149 e. The van der Waals surface area contributed by atoms with Crippen LogP contribution in [0.4, 0.5) is 0 Å². The second kappa shape index (κ2) is 6.13. The first-order valence-electron chi connectivity index (χ1n) is 6.92. The Morgan fingerprint density at radius 1 is 1.23 bits per heavy atom. The lowest BCUT2D eigenvalue weighted by Gasteiger charge is -2.23. The summed E-state index contributed by atoms with van der Waals surface area (Å²) in [6.45, 7) is 6.38. The highest BCUT2D eigenvalue weighted by atomic mass is 16.5. The van der Waals surface area contributed by atoms with Gasteiger partial charge in [-0.25, -0.2) is 0 Å². The number of hydrogen-bond donors (Lipinski definition) is 0. The van der Waals surface area contributed by atoms with E-state index >= 15 is 0 Å². The summed E-state index contributed by atoms with van der Waals surface area (Å²) in [5.74, 6) is 0.347. The van der Waals surface area contributed by atoms with Gasteiger partial charge < -0.3 is 23.8 Å². The van der Waals surface area contributed by atoms with Crippen LogP contribution in [0.2, 0.25) is 0 Å². The number of methoxy groups -OCH3 is 1. The molecule has 0 spiro atoms. The van der Waals surface area contributed by atoms with Gasteiger partial charge in [-0.15, -0.1) is 0 Å². The second-order valence-corrected chi connectivity index (χ2v) is 5.95. The number of furan rings is 1. The quantitative estimate of drug-likeness (QED) is 0.848. The minimum Gasteiger partial charge on any atom is -0.542 e. The maximum Gasteiger partial charge on any atom is 0.149 e. The molecule has 0 amide bonds. The zero-order chi connectivity index (χ0) is 16.3. The molecule has 5 heteroatoms. The van der Waals surface area contributed by atoms with Crippen molar-refractivity contribution in [2.24, 2.45) is 0 Å². The Bertz CT molecular complexity index is 664. The Labute approximate surface area is 129 Å². The summed E-state index contributed by atoms with van der Waals surface area (Å²) in [7, 11) is 1.62. The Hall–Kier alpha value is -2.43. The van der Waals surface area contributed by atoms with Crippen molar-refractivity contribution >= 4 is 5.97 Å². The second-order valence-electron chi connectivity index (χ2n) is 5.95. The lowest BCUT2D eigenvalue weighted by atomic mass is 9.86. The molecule has 0 saturated carbocycles. The summed E-state index contributed by atoms with van der Waals surface area (Å²) in [5.41, 5.74) is 0.877. The maximum atomic E-state index is 10.7.